The molecule has 2 aliphatic heterocycles. The zero-order valence-corrected chi connectivity index (χ0v) is 15.4. The molecule has 0 radical (unpaired) electrons. The number of methoxy groups -OCH3 is 1. The molecule has 1 unspecified atom stereocenters. The van der Waals surface area contributed by atoms with E-state index in [0.29, 0.717) is 6.54 Å². The molecular formula is C18H21F2N3O2S. The number of likely N-dealkylation sites (tertiary alicyclic amines) is 1. The van der Waals surface area contributed by atoms with Crippen LogP contribution in [0.3, 0.4) is 0 Å². The second-order valence-corrected chi connectivity index (χ2v) is 7.95. The number of hydrogen-bond acceptors (Lipinski definition) is 5. The highest BCUT2D eigenvalue weighted by atomic mass is 32.1. The molecule has 1 aromatic heterocycles. The van der Waals surface area contributed by atoms with Gasteiger partial charge in [-0.05, 0) is 24.6 Å². The van der Waals surface area contributed by atoms with E-state index in [1.165, 1.54) is 0 Å². The largest absolute Gasteiger partial charge is 0.497 e. The summed E-state index contributed by atoms with van der Waals surface area (Å²) >= 11 is 1.58. The lowest BCUT2D eigenvalue weighted by molar-refractivity contribution is -0.140. The summed E-state index contributed by atoms with van der Waals surface area (Å²) in [6.07, 6.45) is 0.286. The number of anilines is 1. The lowest BCUT2D eigenvalue weighted by Gasteiger charge is -2.33. The number of nitrogens with zero attached hydrogens (tertiary/aromatic N) is 3. The fraction of sp³-hybridized carbons (Fsp3) is 0.556. The molecule has 5 nitrogen and oxygen atoms in total. The van der Waals surface area contributed by atoms with Gasteiger partial charge in [0.2, 0.25) is 5.91 Å². The van der Waals surface area contributed by atoms with Crippen LogP contribution in [-0.4, -0.2) is 55.0 Å². The third-order valence-electron chi connectivity index (χ3n) is 5.20. The molecule has 2 aliphatic rings. The minimum atomic E-state index is -2.62. The number of rotatable bonds is 3. The summed E-state index contributed by atoms with van der Waals surface area (Å²) in [4.78, 5) is 21.1. The molecule has 3 heterocycles. The number of piperidine rings is 1. The van der Waals surface area contributed by atoms with Crippen LogP contribution in [0.4, 0.5) is 13.9 Å². The van der Waals surface area contributed by atoms with Gasteiger partial charge in [0.05, 0.1) is 23.2 Å². The minimum absolute atomic E-state index is 0.00535. The smallest absolute Gasteiger partial charge is 0.251 e. The number of fused-ring (bicyclic) bond motifs is 1. The number of benzene rings is 1. The molecule has 0 bridgehead atoms. The van der Waals surface area contributed by atoms with Crippen molar-refractivity contribution < 1.29 is 18.3 Å². The van der Waals surface area contributed by atoms with Gasteiger partial charge in [-0.3, -0.25) is 4.79 Å². The molecule has 1 atom stereocenters. The Morgan fingerprint density at radius 3 is 2.81 bits per heavy atom. The van der Waals surface area contributed by atoms with Crippen molar-refractivity contribution in [2.24, 2.45) is 5.92 Å². The van der Waals surface area contributed by atoms with Crippen LogP contribution in [0.1, 0.15) is 19.3 Å². The van der Waals surface area contributed by atoms with Gasteiger partial charge in [0.1, 0.15) is 5.75 Å². The summed E-state index contributed by atoms with van der Waals surface area (Å²) in [5, 5.41) is 0.897. The van der Waals surface area contributed by atoms with Crippen molar-refractivity contribution in [3.05, 3.63) is 18.2 Å². The van der Waals surface area contributed by atoms with Crippen LogP contribution in [0.25, 0.3) is 10.2 Å². The number of carbonyl (C=O) groups excluding carboxylic acids is 1. The van der Waals surface area contributed by atoms with Gasteiger partial charge >= 0.3 is 0 Å². The number of alkyl halides is 2. The Bertz CT molecular complexity index is 816. The summed E-state index contributed by atoms with van der Waals surface area (Å²) in [7, 11) is 1.64. The maximum absolute atomic E-state index is 13.3. The van der Waals surface area contributed by atoms with Crippen molar-refractivity contribution in [1.29, 1.82) is 0 Å². The van der Waals surface area contributed by atoms with Gasteiger partial charge in [0.15, 0.2) is 5.13 Å². The third-order valence-corrected chi connectivity index (χ3v) is 6.28. The molecule has 0 aliphatic carbocycles. The van der Waals surface area contributed by atoms with E-state index in [4.69, 9.17) is 4.74 Å². The summed E-state index contributed by atoms with van der Waals surface area (Å²) in [5.41, 5.74) is 0.916. The molecule has 1 amide bonds. The number of halogens is 2. The van der Waals surface area contributed by atoms with Gasteiger partial charge < -0.3 is 14.5 Å². The van der Waals surface area contributed by atoms with E-state index >= 15 is 0 Å². The Labute approximate surface area is 154 Å². The van der Waals surface area contributed by atoms with Crippen LogP contribution in [-0.2, 0) is 4.79 Å². The molecule has 140 valence electrons. The molecule has 0 N–H and O–H groups in total. The van der Waals surface area contributed by atoms with Crippen molar-refractivity contribution in [3.63, 3.8) is 0 Å². The molecule has 1 aromatic carbocycles. The molecule has 0 spiro atoms. The van der Waals surface area contributed by atoms with Gasteiger partial charge in [-0.1, -0.05) is 11.3 Å². The number of hydrogen-bond donors (Lipinski definition) is 0. The molecule has 2 fully saturated rings. The van der Waals surface area contributed by atoms with Crippen LogP contribution >= 0.6 is 11.3 Å². The van der Waals surface area contributed by atoms with Crippen molar-refractivity contribution >= 4 is 32.6 Å². The van der Waals surface area contributed by atoms with E-state index in [-0.39, 0.29) is 37.8 Å². The van der Waals surface area contributed by atoms with Gasteiger partial charge in [-0.15, -0.1) is 0 Å². The van der Waals surface area contributed by atoms with Gasteiger partial charge in [-0.2, -0.15) is 0 Å². The van der Waals surface area contributed by atoms with E-state index < -0.39 is 5.92 Å². The quantitative estimate of drug-likeness (QED) is 0.818. The van der Waals surface area contributed by atoms with E-state index in [0.717, 1.165) is 34.1 Å². The molecule has 26 heavy (non-hydrogen) atoms. The van der Waals surface area contributed by atoms with Crippen molar-refractivity contribution in [1.82, 2.24) is 9.88 Å². The average molecular weight is 381 g/mol. The Morgan fingerprint density at radius 2 is 2.08 bits per heavy atom. The fourth-order valence-corrected chi connectivity index (χ4v) is 4.63. The average Bonchev–Trinajstić information content (AvgIpc) is 3.27. The van der Waals surface area contributed by atoms with Crippen molar-refractivity contribution in [2.75, 3.05) is 38.2 Å². The van der Waals surface area contributed by atoms with Crippen LogP contribution < -0.4 is 9.64 Å². The van der Waals surface area contributed by atoms with Crippen molar-refractivity contribution in [2.45, 2.75) is 25.2 Å². The van der Waals surface area contributed by atoms with Gasteiger partial charge in [0, 0.05) is 39.0 Å². The number of ether oxygens (including phenoxy) is 1. The zero-order chi connectivity index (χ0) is 18.3. The zero-order valence-electron chi connectivity index (χ0n) is 14.6. The summed E-state index contributed by atoms with van der Waals surface area (Å²) in [5.74, 6) is -1.96. The lowest BCUT2D eigenvalue weighted by Crippen LogP contribution is -2.45. The maximum Gasteiger partial charge on any atom is 0.251 e. The molecule has 0 saturated carbocycles. The Balaban J connectivity index is 1.42. The number of carbonyl (C=O) groups is 1. The minimum Gasteiger partial charge on any atom is -0.497 e. The third kappa shape index (κ3) is 3.34. The normalized spacial score (nSPS) is 22.8. The first-order chi connectivity index (χ1) is 12.4. The first-order valence-corrected chi connectivity index (χ1v) is 9.63. The molecular weight excluding hydrogens is 360 g/mol. The highest BCUT2D eigenvalue weighted by Gasteiger charge is 2.39. The first-order valence-electron chi connectivity index (χ1n) is 8.81. The molecule has 8 heteroatoms. The van der Waals surface area contributed by atoms with Crippen LogP contribution in [0, 0.1) is 5.92 Å². The second-order valence-electron chi connectivity index (χ2n) is 6.94. The second kappa shape index (κ2) is 6.64. The fourth-order valence-electron chi connectivity index (χ4n) is 3.60. The van der Waals surface area contributed by atoms with Crippen LogP contribution in [0.15, 0.2) is 18.2 Å². The standard InChI is InChI=1S/C18H21F2N3O2S/c1-25-13-2-3-14-15(10-13)26-17(21-14)23-7-4-12(11-23)16(24)22-8-5-18(19,20)6-9-22/h2-3,10,12H,4-9,11H2,1H3. The van der Waals surface area contributed by atoms with Crippen LogP contribution in [0.5, 0.6) is 5.75 Å². The SMILES string of the molecule is COc1ccc2nc(N3CCC(C(=O)N4CCC(F)(F)CC4)C3)sc2c1. The lowest BCUT2D eigenvalue weighted by atomic mass is 10.0. The highest BCUT2D eigenvalue weighted by molar-refractivity contribution is 7.22. The molecule has 2 aromatic rings. The summed E-state index contributed by atoms with van der Waals surface area (Å²) in [6.45, 7) is 1.67. The maximum atomic E-state index is 13.3. The van der Waals surface area contributed by atoms with Gasteiger partial charge in [0.25, 0.3) is 5.92 Å². The van der Waals surface area contributed by atoms with E-state index in [1.807, 2.05) is 18.2 Å². The van der Waals surface area contributed by atoms with Crippen molar-refractivity contribution in [3.8, 4) is 5.75 Å². The summed E-state index contributed by atoms with van der Waals surface area (Å²) < 4.78 is 32.9. The Kier molecular flexibility index (Phi) is 4.46. The Hall–Kier alpha value is -1.96. The number of amides is 1. The predicted molar refractivity (Wildman–Crippen MR) is 97.3 cm³/mol. The Morgan fingerprint density at radius 1 is 1.31 bits per heavy atom. The van der Waals surface area contributed by atoms with E-state index in [9.17, 15) is 13.6 Å². The topological polar surface area (TPSA) is 45.7 Å². The van der Waals surface area contributed by atoms with E-state index in [1.54, 1.807) is 23.3 Å². The summed E-state index contributed by atoms with van der Waals surface area (Å²) in [6, 6.07) is 5.78. The molecule has 4 rings (SSSR count). The number of thiazole rings is 1. The van der Waals surface area contributed by atoms with Gasteiger partial charge in [-0.25, -0.2) is 13.8 Å². The predicted octanol–water partition coefficient (Wildman–Crippen LogP) is 3.39. The van der Waals surface area contributed by atoms with Crippen LogP contribution in [0.2, 0.25) is 0 Å². The number of aromatic nitrogens is 1. The monoisotopic (exact) mass is 381 g/mol. The van der Waals surface area contributed by atoms with E-state index in [2.05, 4.69) is 9.88 Å². The first kappa shape index (κ1) is 17.5. The molecule has 2 saturated heterocycles. The highest BCUT2D eigenvalue weighted by Crippen LogP contribution is 2.35.